The SMILES string of the molecule is CC(C)(C)[S@@](=O)/N=C/[C@@H](Cc1ccccc1)N(Cc1ccccc1)Cc1ccccc1. The summed E-state index contributed by atoms with van der Waals surface area (Å²) in [5, 5.41) is 0. The summed E-state index contributed by atoms with van der Waals surface area (Å²) >= 11 is 0. The molecule has 3 aromatic carbocycles. The van der Waals surface area contributed by atoms with Crippen LogP contribution in [-0.2, 0) is 30.5 Å². The summed E-state index contributed by atoms with van der Waals surface area (Å²) in [7, 11) is -1.28. The molecule has 0 spiro atoms. The van der Waals surface area contributed by atoms with Crippen molar-refractivity contribution in [1.82, 2.24) is 4.90 Å². The minimum atomic E-state index is -1.28. The molecule has 0 heterocycles. The van der Waals surface area contributed by atoms with Crippen LogP contribution >= 0.6 is 0 Å². The average molecular weight is 433 g/mol. The van der Waals surface area contributed by atoms with Gasteiger partial charge in [-0.1, -0.05) is 91.0 Å². The average Bonchev–Trinajstić information content (AvgIpc) is 2.77. The standard InChI is InChI=1S/C27H32N2OS/c1-27(2,3)31(30)28-20-26(19-23-13-7-4-8-14-23)29(21-24-15-9-5-10-16-24)22-25-17-11-6-12-18-25/h4-18,20,26H,19,21-22H2,1-3H3/b28-20+/t26-,31-/m1/s1. The van der Waals surface area contributed by atoms with E-state index in [0.717, 1.165) is 19.5 Å². The predicted octanol–water partition coefficient (Wildman–Crippen LogP) is 5.83. The third-order valence-corrected chi connectivity index (χ3v) is 6.43. The summed E-state index contributed by atoms with van der Waals surface area (Å²) in [6, 6.07) is 31.5. The molecule has 0 aliphatic heterocycles. The molecule has 2 atom stereocenters. The van der Waals surface area contributed by atoms with Crippen LogP contribution in [0.3, 0.4) is 0 Å². The molecule has 4 heteroatoms. The highest BCUT2D eigenvalue weighted by atomic mass is 32.2. The summed E-state index contributed by atoms with van der Waals surface area (Å²) < 4.78 is 16.8. The molecule has 0 aromatic heterocycles. The lowest BCUT2D eigenvalue weighted by atomic mass is 10.0. The number of benzene rings is 3. The maximum atomic E-state index is 12.7. The van der Waals surface area contributed by atoms with E-state index in [1.807, 2.05) is 45.2 Å². The Morgan fingerprint density at radius 2 is 1.19 bits per heavy atom. The maximum Gasteiger partial charge on any atom is 0.144 e. The van der Waals surface area contributed by atoms with E-state index in [-0.39, 0.29) is 10.8 Å². The molecule has 0 radical (unpaired) electrons. The van der Waals surface area contributed by atoms with Gasteiger partial charge in [0, 0.05) is 19.3 Å². The summed E-state index contributed by atoms with van der Waals surface area (Å²) in [6.07, 6.45) is 2.71. The molecule has 31 heavy (non-hydrogen) atoms. The van der Waals surface area contributed by atoms with E-state index in [2.05, 4.69) is 82.1 Å². The molecule has 3 rings (SSSR count). The van der Waals surface area contributed by atoms with Crippen molar-refractivity contribution in [2.24, 2.45) is 4.40 Å². The molecule has 0 aliphatic rings. The summed E-state index contributed by atoms with van der Waals surface area (Å²) in [5.74, 6) is 0. The molecular weight excluding hydrogens is 400 g/mol. The molecule has 162 valence electrons. The minimum absolute atomic E-state index is 0.0223. The van der Waals surface area contributed by atoms with Gasteiger partial charge in [0.2, 0.25) is 0 Å². The van der Waals surface area contributed by atoms with Crippen molar-refractivity contribution in [3.63, 3.8) is 0 Å². The molecule has 0 fully saturated rings. The number of hydrogen-bond donors (Lipinski definition) is 0. The molecule has 3 nitrogen and oxygen atoms in total. The third-order valence-electron chi connectivity index (χ3n) is 5.07. The molecule has 0 bridgehead atoms. The van der Waals surface area contributed by atoms with Crippen LogP contribution in [-0.4, -0.2) is 26.1 Å². The van der Waals surface area contributed by atoms with Crippen molar-refractivity contribution in [3.05, 3.63) is 108 Å². The summed E-state index contributed by atoms with van der Waals surface area (Å²) in [6.45, 7) is 7.46. The second-order valence-corrected chi connectivity index (χ2v) is 10.7. The first kappa shape index (κ1) is 23.1. The summed E-state index contributed by atoms with van der Waals surface area (Å²) in [5.41, 5.74) is 3.75. The Kier molecular flexibility index (Phi) is 8.33. The third kappa shape index (κ3) is 7.57. The van der Waals surface area contributed by atoms with Crippen LogP contribution in [0.5, 0.6) is 0 Å². The maximum absolute atomic E-state index is 12.7. The van der Waals surface area contributed by atoms with E-state index in [1.54, 1.807) is 0 Å². The van der Waals surface area contributed by atoms with Gasteiger partial charge in [-0.05, 0) is 43.9 Å². The van der Waals surface area contributed by atoms with Crippen LogP contribution in [0.2, 0.25) is 0 Å². The van der Waals surface area contributed by atoms with Crippen molar-refractivity contribution in [2.45, 2.75) is 51.1 Å². The Hall–Kier alpha value is -2.56. The lowest BCUT2D eigenvalue weighted by Gasteiger charge is -2.30. The lowest BCUT2D eigenvalue weighted by Crippen LogP contribution is -2.37. The molecular formula is C27H32N2OS. The molecule has 0 unspecified atom stereocenters. The largest absolute Gasteiger partial charge is 0.287 e. The Labute approximate surface area is 189 Å². The number of hydrogen-bond acceptors (Lipinski definition) is 2. The minimum Gasteiger partial charge on any atom is -0.287 e. The van der Waals surface area contributed by atoms with Crippen molar-refractivity contribution in [2.75, 3.05) is 0 Å². The fraction of sp³-hybridized carbons (Fsp3) is 0.296. The predicted molar refractivity (Wildman–Crippen MR) is 132 cm³/mol. The Morgan fingerprint density at radius 1 is 0.774 bits per heavy atom. The molecule has 0 aliphatic carbocycles. The Bertz CT molecular complexity index is 925. The molecule has 0 saturated heterocycles. The van der Waals surface area contributed by atoms with Gasteiger partial charge in [0.05, 0.1) is 10.8 Å². The monoisotopic (exact) mass is 432 g/mol. The highest BCUT2D eigenvalue weighted by molar-refractivity contribution is 7.85. The van der Waals surface area contributed by atoms with Gasteiger partial charge in [0.15, 0.2) is 0 Å². The van der Waals surface area contributed by atoms with Gasteiger partial charge in [-0.2, -0.15) is 4.40 Å². The smallest absolute Gasteiger partial charge is 0.144 e. The van der Waals surface area contributed by atoms with Gasteiger partial charge in [0.25, 0.3) is 0 Å². The van der Waals surface area contributed by atoms with Crippen molar-refractivity contribution in [1.29, 1.82) is 0 Å². The molecule has 0 amide bonds. The van der Waals surface area contributed by atoms with E-state index >= 15 is 0 Å². The molecule has 3 aromatic rings. The van der Waals surface area contributed by atoms with Crippen LogP contribution in [0.1, 0.15) is 37.5 Å². The summed E-state index contributed by atoms with van der Waals surface area (Å²) in [4.78, 5) is 2.42. The van der Waals surface area contributed by atoms with E-state index in [0.29, 0.717) is 0 Å². The van der Waals surface area contributed by atoms with Gasteiger partial charge >= 0.3 is 0 Å². The zero-order valence-corrected chi connectivity index (χ0v) is 19.5. The second-order valence-electron chi connectivity index (χ2n) is 8.75. The van der Waals surface area contributed by atoms with Crippen molar-refractivity contribution >= 4 is 17.2 Å². The fourth-order valence-electron chi connectivity index (χ4n) is 3.34. The van der Waals surface area contributed by atoms with Gasteiger partial charge in [-0.25, -0.2) is 4.21 Å². The zero-order chi connectivity index (χ0) is 22.1. The molecule has 0 saturated carbocycles. The Balaban J connectivity index is 1.93. The van der Waals surface area contributed by atoms with E-state index in [9.17, 15) is 4.21 Å². The number of nitrogens with zero attached hydrogens (tertiary/aromatic N) is 2. The second kappa shape index (κ2) is 11.2. The first-order valence-electron chi connectivity index (χ1n) is 10.7. The topological polar surface area (TPSA) is 32.7 Å². The zero-order valence-electron chi connectivity index (χ0n) is 18.6. The first-order chi connectivity index (χ1) is 14.9. The molecule has 0 N–H and O–H groups in total. The van der Waals surface area contributed by atoms with E-state index < -0.39 is 11.0 Å². The van der Waals surface area contributed by atoms with Gasteiger partial charge in [-0.15, -0.1) is 0 Å². The van der Waals surface area contributed by atoms with Gasteiger partial charge < -0.3 is 0 Å². The van der Waals surface area contributed by atoms with Crippen LogP contribution in [0.15, 0.2) is 95.4 Å². The quantitative estimate of drug-likeness (QED) is 0.398. The van der Waals surface area contributed by atoms with Crippen molar-refractivity contribution < 1.29 is 4.21 Å². The van der Waals surface area contributed by atoms with E-state index in [1.165, 1.54) is 16.7 Å². The van der Waals surface area contributed by atoms with Gasteiger partial charge in [0.1, 0.15) is 11.0 Å². The first-order valence-corrected chi connectivity index (χ1v) is 11.8. The van der Waals surface area contributed by atoms with Crippen LogP contribution in [0, 0.1) is 0 Å². The number of rotatable bonds is 9. The lowest BCUT2D eigenvalue weighted by molar-refractivity contribution is 0.225. The highest BCUT2D eigenvalue weighted by Gasteiger charge is 2.22. The van der Waals surface area contributed by atoms with Crippen molar-refractivity contribution in [3.8, 4) is 0 Å². The van der Waals surface area contributed by atoms with Crippen LogP contribution in [0.25, 0.3) is 0 Å². The van der Waals surface area contributed by atoms with Gasteiger partial charge in [-0.3, -0.25) is 4.90 Å². The Morgan fingerprint density at radius 3 is 1.61 bits per heavy atom. The fourth-order valence-corrected chi connectivity index (χ4v) is 3.91. The highest BCUT2D eigenvalue weighted by Crippen LogP contribution is 2.18. The van der Waals surface area contributed by atoms with Crippen LogP contribution in [0.4, 0.5) is 0 Å². The van der Waals surface area contributed by atoms with Crippen LogP contribution < -0.4 is 0 Å². The van der Waals surface area contributed by atoms with E-state index in [4.69, 9.17) is 0 Å². The normalized spacial score (nSPS) is 14.1.